The first-order valence-electron chi connectivity index (χ1n) is 10.2. The summed E-state index contributed by atoms with van der Waals surface area (Å²) in [6, 6.07) is 19.6. The monoisotopic (exact) mass is 446 g/mol. The molecule has 0 atom stereocenters. The van der Waals surface area contributed by atoms with E-state index in [0.717, 1.165) is 54.4 Å². The van der Waals surface area contributed by atoms with E-state index in [9.17, 15) is 0 Å². The Hall–Kier alpha value is -2.79. The van der Waals surface area contributed by atoms with E-state index in [4.69, 9.17) is 28.2 Å². The summed E-state index contributed by atoms with van der Waals surface area (Å²) in [5.41, 5.74) is 6.32. The number of hydrogen-bond donors (Lipinski definition) is 0. The fourth-order valence-corrected chi connectivity index (χ4v) is 4.21. The molecule has 0 fully saturated rings. The molecule has 0 N–H and O–H groups in total. The third kappa shape index (κ3) is 4.47. The smallest absolute Gasteiger partial charge is 0.159 e. The van der Waals surface area contributed by atoms with Crippen molar-refractivity contribution in [3.8, 4) is 22.6 Å². The first-order valence-corrected chi connectivity index (χ1v) is 10.9. The van der Waals surface area contributed by atoms with Gasteiger partial charge in [-0.3, -0.25) is 9.88 Å². The summed E-state index contributed by atoms with van der Waals surface area (Å²) in [6.07, 6.45) is 4.80. The standard InChI is InChI=1S/C25H20Cl2N4/c26-20-8-6-18(7-9-20)25-29-14-19-16-31(12-11-23(19)30-25)15-17-5-10-24(28-13-17)21-3-1-2-4-22(21)27/h1-10,13-14H,11-12,15-16H2. The molecular weight excluding hydrogens is 427 g/mol. The molecule has 31 heavy (non-hydrogen) atoms. The molecule has 2 aromatic heterocycles. The van der Waals surface area contributed by atoms with E-state index < -0.39 is 0 Å². The van der Waals surface area contributed by atoms with Gasteiger partial charge in [0.1, 0.15) is 0 Å². The van der Waals surface area contributed by atoms with Gasteiger partial charge in [-0.2, -0.15) is 0 Å². The third-order valence-electron chi connectivity index (χ3n) is 5.50. The maximum atomic E-state index is 6.29. The fourth-order valence-electron chi connectivity index (χ4n) is 3.85. The zero-order chi connectivity index (χ0) is 21.2. The van der Waals surface area contributed by atoms with Crippen LogP contribution in [0.1, 0.15) is 16.8 Å². The maximum absolute atomic E-state index is 6.29. The average molecular weight is 447 g/mol. The van der Waals surface area contributed by atoms with Crippen LogP contribution in [0.4, 0.5) is 0 Å². The quantitative estimate of drug-likeness (QED) is 0.381. The summed E-state index contributed by atoms with van der Waals surface area (Å²) in [6.45, 7) is 2.63. The van der Waals surface area contributed by atoms with E-state index in [-0.39, 0.29) is 0 Å². The highest BCUT2D eigenvalue weighted by Crippen LogP contribution is 2.27. The van der Waals surface area contributed by atoms with Crippen molar-refractivity contribution in [2.45, 2.75) is 19.5 Å². The van der Waals surface area contributed by atoms with Gasteiger partial charge in [0.25, 0.3) is 0 Å². The van der Waals surface area contributed by atoms with E-state index in [0.29, 0.717) is 10.0 Å². The highest BCUT2D eigenvalue weighted by molar-refractivity contribution is 6.33. The van der Waals surface area contributed by atoms with Crippen LogP contribution < -0.4 is 0 Å². The van der Waals surface area contributed by atoms with Gasteiger partial charge >= 0.3 is 0 Å². The molecule has 0 amide bonds. The predicted molar refractivity (Wildman–Crippen MR) is 125 cm³/mol. The van der Waals surface area contributed by atoms with Crippen molar-refractivity contribution in [1.82, 2.24) is 19.9 Å². The van der Waals surface area contributed by atoms with Crippen molar-refractivity contribution in [1.29, 1.82) is 0 Å². The lowest BCUT2D eigenvalue weighted by atomic mass is 10.1. The Balaban J connectivity index is 1.28. The number of benzene rings is 2. The molecule has 2 aromatic carbocycles. The Labute approximate surface area is 191 Å². The Bertz CT molecular complexity index is 1210. The van der Waals surface area contributed by atoms with Crippen molar-refractivity contribution >= 4 is 23.2 Å². The minimum Gasteiger partial charge on any atom is -0.294 e. The fraction of sp³-hybridized carbons (Fsp3) is 0.160. The van der Waals surface area contributed by atoms with Gasteiger partial charge in [0.2, 0.25) is 0 Å². The van der Waals surface area contributed by atoms with E-state index in [1.807, 2.05) is 67.0 Å². The van der Waals surface area contributed by atoms with E-state index in [2.05, 4.69) is 20.9 Å². The second kappa shape index (κ2) is 8.75. The van der Waals surface area contributed by atoms with Crippen molar-refractivity contribution in [2.24, 2.45) is 0 Å². The van der Waals surface area contributed by atoms with Gasteiger partial charge in [0, 0.05) is 65.2 Å². The Kier molecular flexibility index (Phi) is 5.68. The summed E-state index contributed by atoms with van der Waals surface area (Å²) >= 11 is 12.3. The van der Waals surface area contributed by atoms with Crippen molar-refractivity contribution in [2.75, 3.05) is 6.54 Å². The van der Waals surface area contributed by atoms with Gasteiger partial charge in [0.15, 0.2) is 5.82 Å². The van der Waals surface area contributed by atoms with E-state index >= 15 is 0 Å². The molecule has 1 aliphatic heterocycles. The molecule has 6 heteroatoms. The molecule has 0 spiro atoms. The van der Waals surface area contributed by atoms with Gasteiger partial charge in [-0.05, 0) is 42.0 Å². The minimum atomic E-state index is 0.715. The SMILES string of the molecule is Clc1ccc(-c2ncc3c(n2)CCN(Cc2ccc(-c4ccccc4Cl)nc2)C3)cc1. The molecule has 0 bridgehead atoms. The molecular formula is C25H20Cl2N4. The molecule has 4 aromatic rings. The number of nitrogens with zero attached hydrogens (tertiary/aromatic N) is 4. The third-order valence-corrected chi connectivity index (χ3v) is 6.08. The summed E-state index contributed by atoms with van der Waals surface area (Å²) in [7, 11) is 0. The largest absolute Gasteiger partial charge is 0.294 e. The molecule has 0 aliphatic carbocycles. The Morgan fingerprint density at radius 2 is 1.71 bits per heavy atom. The van der Waals surface area contributed by atoms with Gasteiger partial charge in [-0.15, -0.1) is 0 Å². The number of halogens is 2. The summed E-state index contributed by atoms with van der Waals surface area (Å²) in [5, 5.41) is 1.43. The van der Waals surface area contributed by atoms with E-state index in [1.165, 1.54) is 11.1 Å². The average Bonchev–Trinajstić information content (AvgIpc) is 2.80. The van der Waals surface area contributed by atoms with Crippen molar-refractivity contribution in [3.05, 3.63) is 99.9 Å². The molecule has 154 valence electrons. The number of fused-ring (bicyclic) bond motifs is 1. The first kappa shape index (κ1) is 20.1. The van der Waals surface area contributed by atoms with Crippen LogP contribution in [-0.2, 0) is 19.5 Å². The van der Waals surface area contributed by atoms with Crippen LogP contribution in [0.2, 0.25) is 10.0 Å². The molecule has 3 heterocycles. The lowest BCUT2D eigenvalue weighted by molar-refractivity contribution is 0.242. The number of rotatable bonds is 4. The van der Waals surface area contributed by atoms with E-state index in [1.54, 1.807) is 0 Å². The number of pyridine rings is 1. The topological polar surface area (TPSA) is 41.9 Å². The zero-order valence-electron chi connectivity index (χ0n) is 16.8. The van der Waals surface area contributed by atoms with Crippen LogP contribution in [0.3, 0.4) is 0 Å². The molecule has 5 rings (SSSR count). The number of hydrogen-bond acceptors (Lipinski definition) is 4. The second-order valence-electron chi connectivity index (χ2n) is 7.66. The molecule has 0 saturated heterocycles. The van der Waals surface area contributed by atoms with Crippen LogP contribution in [0.15, 0.2) is 73.1 Å². The highest BCUT2D eigenvalue weighted by Gasteiger charge is 2.19. The van der Waals surface area contributed by atoms with Crippen molar-refractivity contribution < 1.29 is 0 Å². The minimum absolute atomic E-state index is 0.715. The molecule has 0 unspecified atom stereocenters. The lowest BCUT2D eigenvalue weighted by Crippen LogP contribution is -2.31. The highest BCUT2D eigenvalue weighted by atomic mass is 35.5. The van der Waals surface area contributed by atoms with Crippen molar-refractivity contribution in [3.63, 3.8) is 0 Å². The molecule has 0 saturated carbocycles. The summed E-state index contributed by atoms with van der Waals surface area (Å²) in [4.78, 5) is 16.4. The lowest BCUT2D eigenvalue weighted by Gasteiger charge is -2.28. The predicted octanol–water partition coefficient (Wildman–Crippen LogP) is 6.07. The van der Waals surface area contributed by atoms with Gasteiger partial charge in [-0.1, -0.05) is 47.5 Å². The normalized spacial score (nSPS) is 13.7. The Morgan fingerprint density at radius 1 is 0.871 bits per heavy atom. The first-order chi connectivity index (χ1) is 15.2. The van der Waals surface area contributed by atoms with Gasteiger partial charge < -0.3 is 0 Å². The van der Waals surface area contributed by atoms with Crippen LogP contribution in [0, 0.1) is 0 Å². The maximum Gasteiger partial charge on any atom is 0.159 e. The van der Waals surface area contributed by atoms with Crippen LogP contribution in [0.5, 0.6) is 0 Å². The summed E-state index contributed by atoms with van der Waals surface area (Å²) in [5.74, 6) is 0.753. The van der Waals surface area contributed by atoms with Crippen LogP contribution in [0.25, 0.3) is 22.6 Å². The van der Waals surface area contributed by atoms with Crippen LogP contribution in [-0.4, -0.2) is 26.4 Å². The summed E-state index contributed by atoms with van der Waals surface area (Å²) < 4.78 is 0. The van der Waals surface area contributed by atoms with Gasteiger partial charge in [-0.25, -0.2) is 9.97 Å². The second-order valence-corrected chi connectivity index (χ2v) is 8.51. The molecule has 1 aliphatic rings. The molecule has 0 radical (unpaired) electrons. The number of aromatic nitrogens is 3. The van der Waals surface area contributed by atoms with Crippen LogP contribution >= 0.6 is 23.2 Å². The zero-order valence-corrected chi connectivity index (χ0v) is 18.3. The Morgan fingerprint density at radius 3 is 2.48 bits per heavy atom. The van der Waals surface area contributed by atoms with Gasteiger partial charge in [0.05, 0.1) is 11.4 Å². The molecule has 4 nitrogen and oxygen atoms in total.